The molecule has 1 aliphatic rings. The van der Waals surface area contributed by atoms with E-state index in [4.69, 9.17) is 4.74 Å². The molecule has 3 heterocycles. The lowest BCUT2D eigenvalue weighted by molar-refractivity contribution is -0.117. The fourth-order valence-corrected chi connectivity index (χ4v) is 4.88. The van der Waals surface area contributed by atoms with Crippen LogP contribution in [0.5, 0.6) is 5.75 Å². The molecule has 0 bridgehead atoms. The third-order valence-electron chi connectivity index (χ3n) is 5.67. The summed E-state index contributed by atoms with van der Waals surface area (Å²) in [5.41, 5.74) is 2.08. The first-order chi connectivity index (χ1) is 15.0. The van der Waals surface area contributed by atoms with Crippen molar-refractivity contribution in [1.29, 1.82) is 0 Å². The van der Waals surface area contributed by atoms with Crippen molar-refractivity contribution >= 4 is 28.4 Å². The molecule has 0 aliphatic carbocycles. The van der Waals surface area contributed by atoms with Crippen LogP contribution in [0.2, 0.25) is 0 Å². The zero-order valence-electron chi connectivity index (χ0n) is 18.2. The molecule has 0 spiro atoms. The normalized spacial score (nSPS) is 18.9. The van der Waals surface area contributed by atoms with Gasteiger partial charge in [-0.15, -0.1) is 11.3 Å². The molecule has 0 radical (unpaired) electrons. The number of nitrogens with one attached hydrogen (secondary N) is 2. The number of H-pyrrole nitrogens is 1. The van der Waals surface area contributed by atoms with Crippen LogP contribution < -0.4 is 10.1 Å². The van der Waals surface area contributed by atoms with Crippen molar-refractivity contribution in [1.82, 2.24) is 20.5 Å². The number of aromatic nitrogens is 3. The molecule has 6 nitrogen and oxygen atoms in total. The van der Waals surface area contributed by atoms with Crippen LogP contribution in [0, 0.1) is 0 Å². The maximum Gasteiger partial charge on any atom is 0.256 e. The van der Waals surface area contributed by atoms with E-state index in [1.54, 1.807) is 11.3 Å². The number of carbonyl (C=O) groups is 1. The lowest BCUT2D eigenvalue weighted by Gasteiger charge is -2.37. The van der Waals surface area contributed by atoms with Gasteiger partial charge in [-0.25, -0.2) is 4.98 Å². The van der Waals surface area contributed by atoms with E-state index in [0.29, 0.717) is 17.8 Å². The number of hydrogen-bond donors (Lipinski definition) is 2. The Hall–Kier alpha value is -2.93. The Labute approximate surface area is 186 Å². The molecule has 1 aliphatic heterocycles. The Balaban J connectivity index is 1.69. The molecular formula is C24H28N4O2S. The minimum atomic E-state index is -0.533. The molecule has 0 fully saturated rings. The molecule has 0 saturated heterocycles. The molecule has 0 saturated carbocycles. The van der Waals surface area contributed by atoms with Crippen molar-refractivity contribution < 1.29 is 9.53 Å². The van der Waals surface area contributed by atoms with Crippen molar-refractivity contribution in [2.45, 2.75) is 52.0 Å². The molecule has 1 aromatic carbocycles. The number of carbonyl (C=O) groups excluding carboxylic acids is 1. The van der Waals surface area contributed by atoms with E-state index in [1.165, 1.54) is 11.2 Å². The second-order valence-corrected chi connectivity index (χ2v) is 9.16. The van der Waals surface area contributed by atoms with E-state index in [9.17, 15) is 4.79 Å². The van der Waals surface area contributed by atoms with Crippen LogP contribution in [0.1, 0.15) is 61.2 Å². The number of unbranched alkanes of at least 4 members (excludes halogenated alkanes) is 1. The van der Waals surface area contributed by atoms with Crippen LogP contribution in [-0.2, 0) is 16.8 Å². The topological polar surface area (TPSA) is 79.9 Å². The molecule has 0 unspecified atom stereocenters. The number of benzene rings is 1. The number of aromatic amines is 1. The number of amides is 1. The fourth-order valence-electron chi connectivity index (χ4n) is 3.88. The standard InChI is InChI=1S/C24H28N4O2S/c1-4-6-13-30-17-9-7-16(8-10-17)24(3)14-19(20-12-11-18(5-2)31-20)21(23(29)27-24)22-25-15-26-28-22/h7-12,15H,4-6,13-14H2,1-3H3,(H,27,29)(H,25,26,28)/t24-/m0/s1. The van der Waals surface area contributed by atoms with Gasteiger partial charge in [0.15, 0.2) is 5.82 Å². The Morgan fingerprint density at radius 1 is 1.16 bits per heavy atom. The fraction of sp³-hybridized carbons (Fsp3) is 0.375. The number of hydrogen-bond acceptors (Lipinski definition) is 5. The summed E-state index contributed by atoms with van der Waals surface area (Å²) in [6.45, 7) is 7.08. The van der Waals surface area contributed by atoms with Crippen molar-refractivity contribution in [3.8, 4) is 5.75 Å². The van der Waals surface area contributed by atoms with Gasteiger partial charge < -0.3 is 10.1 Å². The first-order valence-corrected chi connectivity index (χ1v) is 11.6. The number of aryl methyl sites for hydroxylation is 1. The second-order valence-electron chi connectivity index (χ2n) is 8.00. The largest absolute Gasteiger partial charge is 0.494 e. The summed E-state index contributed by atoms with van der Waals surface area (Å²) in [4.78, 5) is 20.0. The number of rotatable bonds is 8. The van der Waals surface area contributed by atoms with Gasteiger partial charge in [-0.05, 0) is 55.2 Å². The summed E-state index contributed by atoms with van der Waals surface area (Å²) in [6.07, 6.45) is 5.21. The molecule has 3 aromatic rings. The van der Waals surface area contributed by atoms with Crippen molar-refractivity contribution in [2.24, 2.45) is 0 Å². The van der Waals surface area contributed by atoms with Crippen LogP contribution in [-0.4, -0.2) is 27.7 Å². The predicted octanol–water partition coefficient (Wildman–Crippen LogP) is 4.95. The third kappa shape index (κ3) is 4.42. The maximum atomic E-state index is 13.3. The third-order valence-corrected chi connectivity index (χ3v) is 6.96. The molecule has 1 amide bonds. The first-order valence-electron chi connectivity index (χ1n) is 10.8. The second kappa shape index (κ2) is 9.06. The highest BCUT2D eigenvalue weighted by Crippen LogP contribution is 2.43. The van der Waals surface area contributed by atoms with Gasteiger partial charge in [-0.3, -0.25) is 9.89 Å². The lowest BCUT2D eigenvalue weighted by atomic mass is 9.80. The highest BCUT2D eigenvalue weighted by atomic mass is 32.1. The SMILES string of the molecule is CCCCOc1ccc([C@]2(C)CC(c3ccc(CC)s3)=C(c3ncn[nH]3)C(=O)N2)cc1. The molecule has 2 N–H and O–H groups in total. The van der Waals surface area contributed by atoms with E-state index in [1.807, 2.05) is 24.3 Å². The van der Waals surface area contributed by atoms with Crippen LogP contribution in [0.15, 0.2) is 42.7 Å². The van der Waals surface area contributed by atoms with Crippen LogP contribution in [0.25, 0.3) is 11.1 Å². The number of thiophene rings is 1. The van der Waals surface area contributed by atoms with Gasteiger partial charge in [0.1, 0.15) is 12.1 Å². The Bertz CT molecular complexity index is 1070. The lowest BCUT2D eigenvalue weighted by Crippen LogP contribution is -2.47. The first kappa shape index (κ1) is 21.3. The smallest absolute Gasteiger partial charge is 0.256 e. The van der Waals surface area contributed by atoms with E-state index >= 15 is 0 Å². The maximum absolute atomic E-state index is 13.3. The van der Waals surface area contributed by atoms with Gasteiger partial charge in [0.25, 0.3) is 5.91 Å². The monoisotopic (exact) mass is 436 g/mol. The Morgan fingerprint density at radius 3 is 2.61 bits per heavy atom. The highest BCUT2D eigenvalue weighted by molar-refractivity contribution is 7.13. The molecule has 7 heteroatoms. The number of nitrogens with zero attached hydrogens (tertiary/aromatic N) is 2. The van der Waals surface area contributed by atoms with Gasteiger partial charge in [-0.2, -0.15) is 5.10 Å². The van der Waals surface area contributed by atoms with Crippen molar-refractivity contribution in [2.75, 3.05) is 6.61 Å². The average Bonchev–Trinajstić information content (AvgIpc) is 3.46. The molecule has 1 atom stereocenters. The van der Waals surface area contributed by atoms with Gasteiger partial charge in [0.2, 0.25) is 0 Å². The van der Waals surface area contributed by atoms with Gasteiger partial charge in [0.05, 0.1) is 17.7 Å². The van der Waals surface area contributed by atoms with E-state index in [0.717, 1.165) is 47.6 Å². The average molecular weight is 437 g/mol. The number of ether oxygens (including phenoxy) is 1. The van der Waals surface area contributed by atoms with Gasteiger partial charge in [-0.1, -0.05) is 32.4 Å². The quantitative estimate of drug-likeness (QED) is 0.490. The summed E-state index contributed by atoms with van der Waals surface area (Å²) < 4.78 is 5.80. The minimum Gasteiger partial charge on any atom is -0.494 e. The van der Waals surface area contributed by atoms with E-state index in [2.05, 4.69) is 53.4 Å². The Morgan fingerprint density at radius 2 is 1.97 bits per heavy atom. The van der Waals surface area contributed by atoms with Gasteiger partial charge in [0, 0.05) is 16.2 Å². The van der Waals surface area contributed by atoms with Gasteiger partial charge >= 0.3 is 0 Å². The molecular weight excluding hydrogens is 408 g/mol. The summed E-state index contributed by atoms with van der Waals surface area (Å²) in [7, 11) is 0. The molecule has 4 rings (SSSR count). The van der Waals surface area contributed by atoms with E-state index < -0.39 is 5.54 Å². The molecule has 31 heavy (non-hydrogen) atoms. The zero-order chi connectivity index (χ0) is 21.8. The van der Waals surface area contributed by atoms with Crippen LogP contribution in [0.3, 0.4) is 0 Å². The summed E-state index contributed by atoms with van der Waals surface area (Å²) >= 11 is 1.73. The molecule has 2 aromatic heterocycles. The van der Waals surface area contributed by atoms with Crippen LogP contribution >= 0.6 is 11.3 Å². The molecule has 162 valence electrons. The zero-order valence-corrected chi connectivity index (χ0v) is 19.0. The summed E-state index contributed by atoms with van der Waals surface area (Å²) in [5, 5.41) is 10.0. The van der Waals surface area contributed by atoms with E-state index in [-0.39, 0.29) is 5.91 Å². The van der Waals surface area contributed by atoms with Crippen LogP contribution in [0.4, 0.5) is 0 Å². The van der Waals surface area contributed by atoms with Crippen molar-refractivity contribution in [3.63, 3.8) is 0 Å². The Kier molecular flexibility index (Phi) is 6.23. The van der Waals surface area contributed by atoms with Crippen molar-refractivity contribution in [3.05, 3.63) is 63.9 Å². The summed E-state index contributed by atoms with van der Waals surface area (Å²) in [6, 6.07) is 12.3. The minimum absolute atomic E-state index is 0.143. The predicted molar refractivity (Wildman–Crippen MR) is 124 cm³/mol. The summed E-state index contributed by atoms with van der Waals surface area (Å²) in [5.74, 6) is 1.21. The highest BCUT2D eigenvalue weighted by Gasteiger charge is 2.39.